The van der Waals surface area contributed by atoms with Crippen LogP contribution in [0.5, 0.6) is 0 Å². The molecular formula is C11H11N4+. The lowest BCUT2D eigenvalue weighted by Crippen LogP contribution is -2.20. The lowest BCUT2D eigenvalue weighted by Gasteiger charge is -1.89. The molecule has 3 heterocycles. The highest BCUT2D eigenvalue weighted by Gasteiger charge is 2.12. The molecule has 15 heavy (non-hydrogen) atoms. The molecule has 0 bridgehead atoms. The molecule has 0 fully saturated rings. The summed E-state index contributed by atoms with van der Waals surface area (Å²) >= 11 is 0. The van der Waals surface area contributed by atoms with Crippen LogP contribution in [-0.4, -0.2) is 9.97 Å². The Morgan fingerprint density at radius 1 is 1.33 bits per heavy atom. The van der Waals surface area contributed by atoms with Crippen LogP contribution in [0.1, 0.15) is 5.56 Å². The van der Waals surface area contributed by atoms with E-state index in [4.69, 9.17) is 5.73 Å². The summed E-state index contributed by atoms with van der Waals surface area (Å²) in [5.41, 5.74) is 9.77. The van der Waals surface area contributed by atoms with Crippen molar-refractivity contribution in [3.8, 4) is 0 Å². The lowest BCUT2D eigenvalue weighted by atomic mass is 10.3. The molecule has 0 spiro atoms. The van der Waals surface area contributed by atoms with Crippen LogP contribution < -0.4 is 10.1 Å². The van der Waals surface area contributed by atoms with Gasteiger partial charge in [-0.15, -0.1) is 0 Å². The Morgan fingerprint density at radius 2 is 2.20 bits per heavy atom. The van der Waals surface area contributed by atoms with E-state index in [9.17, 15) is 0 Å². The normalized spacial score (nSPS) is 11.3. The largest absolute Gasteiger partial charge is 0.370 e. The Balaban J connectivity index is 2.53. The van der Waals surface area contributed by atoms with Crippen molar-refractivity contribution >= 4 is 22.6 Å². The molecule has 0 saturated carbocycles. The van der Waals surface area contributed by atoms with Gasteiger partial charge < -0.3 is 5.73 Å². The van der Waals surface area contributed by atoms with Crippen molar-refractivity contribution in [2.45, 2.75) is 6.92 Å². The molecule has 0 atom stereocenters. The molecule has 74 valence electrons. The molecule has 3 N–H and O–H groups in total. The first-order chi connectivity index (χ1) is 7.24. The Hall–Kier alpha value is -2.10. The summed E-state index contributed by atoms with van der Waals surface area (Å²) in [5, 5.41) is 0. The number of anilines is 1. The summed E-state index contributed by atoms with van der Waals surface area (Å²) in [6, 6.07) is 7.87. The van der Waals surface area contributed by atoms with Crippen LogP contribution in [-0.2, 0) is 0 Å². The molecule has 3 aromatic heterocycles. The third-order valence-corrected chi connectivity index (χ3v) is 2.50. The molecule has 0 aliphatic rings. The van der Waals surface area contributed by atoms with Crippen molar-refractivity contribution < 1.29 is 4.40 Å². The number of aromatic nitrogens is 3. The Bertz CT molecular complexity index is 654. The summed E-state index contributed by atoms with van der Waals surface area (Å²) in [6.07, 6.45) is 2.00. The van der Waals surface area contributed by atoms with Gasteiger partial charge in [-0.05, 0) is 24.6 Å². The fourth-order valence-electron chi connectivity index (χ4n) is 1.77. The molecule has 4 nitrogen and oxygen atoms in total. The summed E-state index contributed by atoms with van der Waals surface area (Å²) in [5.74, 6) is 0.538. The number of nitrogens with zero attached hydrogens (tertiary/aromatic N) is 2. The number of nitrogens with one attached hydrogen (secondary N) is 1. The summed E-state index contributed by atoms with van der Waals surface area (Å²) in [4.78, 5) is 7.59. The third-order valence-electron chi connectivity index (χ3n) is 2.50. The molecule has 0 amide bonds. The number of pyridine rings is 2. The van der Waals surface area contributed by atoms with Crippen LogP contribution in [0.3, 0.4) is 0 Å². The zero-order chi connectivity index (χ0) is 10.4. The topological polar surface area (TPSA) is 58.8 Å². The van der Waals surface area contributed by atoms with Gasteiger partial charge in [-0.1, -0.05) is 4.98 Å². The summed E-state index contributed by atoms with van der Waals surface area (Å²) in [7, 11) is 0. The number of imidazole rings is 1. The molecular weight excluding hydrogens is 188 g/mol. The summed E-state index contributed by atoms with van der Waals surface area (Å²) in [6.45, 7) is 2.06. The van der Waals surface area contributed by atoms with Gasteiger partial charge in [0, 0.05) is 12.1 Å². The predicted octanol–water partition coefficient (Wildman–Crippen LogP) is 1.19. The second-order valence-electron chi connectivity index (χ2n) is 3.69. The quantitative estimate of drug-likeness (QED) is 0.534. The Kier molecular flexibility index (Phi) is 1.48. The van der Waals surface area contributed by atoms with Crippen LogP contribution >= 0.6 is 0 Å². The van der Waals surface area contributed by atoms with E-state index < -0.39 is 0 Å². The van der Waals surface area contributed by atoms with Gasteiger partial charge in [0.15, 0.2) is 5.52 Å². The molecule has 0 aliphatic carbocycles. The third kappa shape index (κ3) is 1.15. The van der Waals surface area contributed by atoms with Crippen molar-refractivity contribution in [2.24, 2.45) is 0 Å². The molecule has 3 rings (SSSR count). The number of fused-ring (bicyclic) bond motifs is 3. The number of rotatable bonds is 0. The van der Waals surface area contributed by atoms with E-state index in [1.54, 1.807) is 6.07 Å². The molecule has 3 aromatic rings. The SMILES string of the molecule is Cc1cc[n+]2c(c1)[nH]c1ccc(N)nc12. The van der Waals surface area contributed by atoms with E-state index in [0.717, 1.165) is 16.8 Å². The predicted molar refractivity (Wildman–Crippen MR) is 58.4 cm³/mol. The minimum absolute atomic E-state index is 0.538. The first-order valence-electron chi connectivity index (χ1n) is 4.80. The highest BCUT2D eigenvalue weighted by atomic mass is 15.1. The van der Waals surface area contributed by atoms with Gasteiger partial charge in [0.25, 0.3) is 0 Å². The number of hydrogen-bond acceptors (Lipinski definition) is 2. The number of nitrogen functional groups attached to an aromatic ring is 1. The smallest absolute Gasteiger partial charge is 0.308 e. The van der Waals surface area contributed by atoms with Crippen LogP contribution in [0.4, 0.5) is 5.82 Å². The van der Waals surface area contributed by atoms with Gasteiger partial charge >= 0.3 is 5.65 Å². The zero-order valence-corrected chi connectivity index (χ0v) is 8.36. The van der Waals surface area contributed by atoms with Gasteiger partial charge in [-0.25, -0.2) is 0 Å². The van der Waals surface area contributed by atoms with Gasteiger partial charge in [-0.3, -0.25) is 4.98 Å². The number of aryl methyl sites for hydroxylation is 1. The molecule has 0 saturated heterocycles. The first-order valence-corrected chi connectivity index (χ1v) is 4.80. The van der Waals surface area contributed by atoms with Gasteiger partial charge in [0.1, 0.15) is 0 Å². The molecule has 4 heteroatoms. The standard InChI is InChI=1S/C11H10N4/c1-7-4-5-15-10(6-7)13-8-2-3-9(12)14-11(8)15/h2-6H,1H3,(H2,12,14)/p+1. The number of aromatic amines is 1. The second-order valence-corrected chi connectivity index (χ2v) is 3.69. The highest BCUT2D eigenvalue weighted by Crippen LogP contribution is 2.10. The van der Waals surface area contributed by atoms with Gasteiger partial charge in [0.05, 0.1) is 6.20 Å². The minimum Gasteiger partial charge on any atom is -0.370 e. The van der Waals surface area contributed by atoms with Crippen molar-refractivity contribution in [1.82, 2.24) is 9.97 Å². The minimum atomic E-state index is 0.538. The van der Waals surface area contributed by atoms with Crippen LogP contribution in [0.15, 0.2) is 30.5 Å². The first kappa shape index (κ1) is 8.23. The van der Waals surface area contributed by atoms with Crippen molar-refractivity contribution in [3.05, 3.63) is 36.0 Å². The van der Waals surface area contributed by atoms with Gasteiger partial charge in [0.2, 0.25) is 11.5 Å². The van der Waals surface area contributed by atoms with E-state index >= 15 is 0 Å². The van der Waals surface area contributed by atoms with Gasteiger partial charge in [-0.2, -0.15) is 4.40 Å². The van der Waals surface area contributed by atoms with Crippen molar-refractivity contribution in [3.63, 3.8) is 0 Å². The van der Waals surface area contributed by atoms with Crippen molar-refractivity contribution in [1.29, 1.82) is 0 Å². The number of nitrogens with two attached hydrogens (primary N) is 1. The number of H-pyrrole nitrogens is 1. The Labute approximate surface area is 86.4 Å². The number of hydrogen-bond donors (Lipinski definition) is 2. The zero-order valence-electron chi connectivity index (χ0n) is 8.36. The average molecular weight is 199 g/mol. The van der Waals surface area contributed by atoms with Crippen molar-refractivity contribution in [2.75, 3.05) is 5.73 Å². The van der Waals surface area contributed by atoms with E-state index in [-0.39, 0.29) is 0 Å². The fourth-order valence-corrected chi connectivity index (χ4v) is 1.77. The second kappa shape index (κ2) is 2.70. The van der Waals surface area contributed by atoms with Crippen LogP contribution in [0.25, 0.3) is 16.8 Å². The van der Waals surface area contributed by atoms with Crippen LogP contribution in [0, 0.1) is 6.92 Å². The highest BCUT2D eigenvalue weighted by molar-refractivity contribution is 5.72. The van der Waals surface area contributed by atoms with Crippen LogP contribution in [0.2, 0.25) is 0 Å². The van der Waals surface area contributed by atoms with E-state index in [0.29, 0.717) is 5.82 Å². The summed E-state index contributed by atoms with van der Waals surface area (Å²) < 4.78 is 2.00. The van der Waals surface area contributed by atoms with E-state index in [1.807, 2.05) is 22.7 Å². The molecule has 0 unspecified atom stereocenters. The fraction of sp³-hybridized carbons (Fsp3) is 0.0909. The molecule has 0 aliphatic heterocycles. The Morgan fingerprint density at radius 3 is 3.07 bits per heavy atom. The monoisotopic (exact) mass is 199 g/mol. The maximum Gasteiger partial charge on any atom is 0.308 e. The maximum absolute atomic E-state index is 5.67. The molecule has 0 aromatic carbocycles. The lowest BCUT2D eigenvalue weighted by molar-refractivity contribution is -0.483. The van der Waals surface area contributed by atoms with E-state index in [2.05, 4.69) is 23.0 Å². The molecule has 0 radical (unpaired) electrons. The average Bonchev–Trinajstić information content (AvgIpc) is 2.54. The van der Waals surface area contributed by atoms with E-state index in [1.165, 1.54) is 5.56 Å². The maximum atomic E-state index is 5.67.